The van der Waals surface area contributed by atoms with Gasteiger partial charge in [0.05, 0.1) is 16.6 Å². The van der Waals surface area contributed by atoms with Crippen LogP contribution in [0.1, 0.15) is 19.8 Å². The smallest absolute Gasteiger partial charge is 0.142 e. The lowest BCUT2D eigenvalue weighted by atomic mass is 9.99. The number of benzene rings is 1. The van der Waals surface area contributed by atoms with Crippen LogP contribution < -0.4 is 4.90 Å². The fourth-order valence-corrected chi connectivity index (χ4v) is 3.18. The van der Waals surface area contributed by atoms with Crippen LogP contribution >= 0.6 is 0 Å². The number of aromatic nitrogens is 3. The zero-order valence-electron chi connectivity index (χ0n) is 13.2. The van der Waals surface area contributed by atoms with E-state index in [0.717, 1.165) is 47.2 Å². The molecule has 1 saturated heterocycles. The summed E-state index contributed by atoms with van der Waals surface area (Å²) in [6.45, 7) is 4.38. The van der Waals surface area contributed by atoms with Crippen LogP contribution in [0, 0.1) is 5.92 Å². The van der Waals surface area contributed by atoms with Gasteiger partial charge in [-0.2, -0.15) is 0 Å². The SMILES string of the molecule is CC1CCN(c2ncccc2-c2nc3ccc(O)cc3[nH]2)CC1. The third kappa shape index (κ3) is 2.63. The Morgan fingerprint density at radius 1 is 1.22 bits per heavy atom. The zero-order chi connectivity index (χ0) is 15.8. The highest BCUT2D eigenvalue weighted by Crippen LogP contribution is 2.31. The Hall–Kier alpha value is -2.56. The van der Waals surface area contributed by atoms with Gasteiger partial charge in [-0.05, 0) is 43.0 Å². The minimum absolute atomic E-state index is 0.240. The average Bonchev–Trinajstić information content (AvgIpc) is 2.98. The Labute approximate surface area is 135 Å². The van der Waals surface area contributed by atoms with Gasteiger partial charge in [-0.15, -0.1) is 0 Å². The van der Waals surface area contributed by atoms with Crippen LogP contribution in [0.2, 0.25) is 0 Å². The van der Waals surface area contributed by atoms with Gasteiger partial charge in [0.15, 0.2) is 0 Å². The number of pyridine rings is 1. The summed E-state index contributed by atoms with van der Waals surface area (Å²) in [7, 11) is 0. The molecule has 4 rings (SSSR count). The number of fused-ring (bicyclic) bond motifs is 1. The molecule has 0 atom stereocenters. The van der Waals surface area contributed by atoms with Gasteiger partial charge in [-0.1, -0.05) is 6.92 Å². The Kier molecular flexibility index (Phi) is 3.41. The monoisotopic (exact) mass is 308 g/mol. The number of rotatable bonds is 2. The Morgan fingerprint density at radius 3 is 2.87 bits per heavy atom. The van der Waals surface area contributed by atoms with Gasteiger partial charge in [-0.25, -0.2) is 9.97 Å². The number of nitrogens with one attached hydrogen (secondary N) is 1. The van der Waals surface area contributed by atoms with Crippen molar-refractivity contribution in [3.63, 3.8) is 0 Å². The summed E-state index contributed by atoms with van der Waals surface area (Å²) < 4.78 is 0. The Morgan fingerprint density at radius 2 is 2.04 bits per heavy atom. The molecule has 3 heterocycles. The molecule has 1 aliphatic heterocycles. The molecule has 0 aliphatic carbocycles. The highest BCUT2D eigenvalue weighted by atomic mass is 16.3. The van der Waals surface area contributed by atoms with Gasteiger partial charge >= 0.3 is 0 Å². The van der Waals surface area contributed by atoms with Crippen LogP contribution in [-0.4, -0.2) is 33.1 Å². The van der Waals surface area contributed by atoms with Crippen molar-refractivity contribution >= 4 is 16.9 Å². The number of imidazole rings is 1. The van der Waals surface area contributed by atoms with Crippen molar-refractivity contribution < 1.29 is 5.11 Å². The minimum Gasteiger partial charge on any atom is -0.508 e. The molecule has 2 N–H and O–H groups in total. The molecular formula is C18H20N4O. The first-order valence-corrected chi connectivity index (χ1v) is 8.10. The van der Waals surface area contributed by atoms with E-state index in [1.165, 1.54) is 12.8 Å². The van der Waals surface area contributed by atoms with Crippen molar-refractivity contribution in [3.8, 4) is 17.1 Å². The molecule has 23 heavy (non-hydrogen) atoms. The van der Waals surface area contributed by atoms with E-state index in [4.69, 9.17) is 0 Å². The molecule has 118 valence electrons. The molecule has 0 spiro atoms. The standard InChI is InChI=1S/C18H20N4O/c1-12-6-9-22(10-7-12)18-14(3-2-8-19-18)17-20-15-5-4-13(23)11-16(15)21-17/h2-5,8,11-12,23H,6-7,9-10H2,1H3,(H,20,21). The molecule has 5 nitrogen and oxygen atoms in total. The number of anilines is 1. The maximum Gasteiger partial charge on any atom is 0.142 e. The number of hydrogen-bond donors (Lipinski definition) is 2. The first-order chi connectivity index (χ1) is 11.2. The Bertz CT molecular complexity index is 834. The topological polar surface area (TPSA) is 65.0 Å². The summed E-state index contributed by atoms with van der Waals surface area (Å²) in [5, 5.41) is 9.62. The van der Waals surface area contributed by atoms with Crippen LogP contribution in [0.4, 0.5) is 5.82 Å². The van der Waals surface area contributed by atoms with Gasteiger partial charge in [0.2, 0.25) is 0 Å². The number of nitrogens with zero attached hydrogens (tertiary/aromatic N) is 3. The second-order valence-electron chi connectivity index (χ2n) is 6.33. The quantitative estimate of drug-likeness (QED) is 0.759. The molecular weight excluding hydrogens is 288 g/mol. The summed E-state index contributed by atoms with van der Waals surface area (Å²) in [6, 6.07) is 9.17. The number of H-pyrrole nitrogens is 1. The molecule has 1 aromatic carbocycles. The van der Waals surface area contributed by atoms with E-state index < -0.39 is 0 Å². The van der Waals surface area contributed by atoms with E-state index in [0.29, 0.717) is 0 Å². The van der Waals surface area contributed by atoms with Crippen molar-refractivity contribution in [1.29, 1.82) is 0 Å². The second-order valence-corrected chi connectivity index (χ2v) is 6.33. The molecule has 0 bridgehead atoms. The van der Waals surface area contributed by atoms with E-state index in [-0.39, 0.29) is 5.75 Å². The van der Waals surface area contributed by atoms with E-state index in [9.17, 15) is 5.11 Å². The van der Waals surface area contributed by atoms with Crippen molar-refractivity contribution in [3.05, 3.63) is 36.5 Å². The summed E-state index contributed by atoms with van der Waals surface area (Å²) in [5.41, 5.74) is 2.69. The van der Waals surface area contributed by atoms with Gasteiger partial charge in [-0.3, -0.25) is 0 Å². The lowest BCUT2D eigenvalue weighted by Gasteiger charge is -2.32. The number of aromatic hydroxyl groups is 1. The third-order valence-electron chi connectivity index (χ3n) is 4.59. The first-order valence-electron chi connectivity index (χ1n) is 8.10. The number of aromatic amines is 1. The lowest BCUT2D eigenvalue weighted by Crippen LogP contribution is -2.33. The summed E-state index contributed by atoms with van der Waals surface area (Å²) in [5.74, 6) is 2.81. The average molecular weight is 308 g/mol. The van der Waals surface area contributed by atoms with Crippen molar-refractivity contribution in [2.24, 2.45) is 5.92 Å². The van der Waals surface area contributed by atoms with E-state index in [1.54, 1.807) is 12.1 Å². The fraction of sp³-hybridized carbons (Fsp3) is 0.333. The first kappa shape index (κ1) is 14.1. The van der Waals surface area contributed by atoms with Gasteiger partial charge in [0, 0.05) is 25.4 Å². The highest BCUT2D eigenvalue weighted by Gasteiger charge is 2.21. The predicted molar refractivity (Wildman–Crippen MR) is 91.6 cm³/mol. The normalized spacial score (nSPS) is 16.1. The molecule has 2 aromatic heterocycles. The van der Waals surface area contributed by atoms with Crippen molar-refractivity contribution in [2.75, 3.05) is 18.0 Å². The van der Waals surface area contributed by atoms with E-state index in [1.807, 2.05) is 18.3 Å². The van der Waals surface area contributed by atoms with E-state index in [2.05, 4.69) is 32.8 Å². The maximum atomic E-state index is 9.62. The number of phenols is 1. The summed E-state index contributed by atoms with van der Waals surface area (Å²) in [6.07, 6.45) is 4.24. The van der Waals surface area contributed by atoms with Gasteiger partial charge in [0.25, 0.3) is 0 Å². The van der Waals surface area contributed by atoms with Crippen LogP contribution in [-0.2, 0) is 0 Å². The number of hydrogen-bond acceptors (Lipinski definition) is 4. The van der Waals surface area contributed by atoms with Crippen LogP contribution in [0.3, 0.4) is 0 Å². The predicted octanol–water partition coefficient (Wildman–Crippen LogP) is 3.57. The highest BCUT2D eigenvalue weighted by molar-refractivity contribution is 5.83. The largest absolute Gasteiger partial charge is 0.508 e. The Balaban J connectivity index is 1.75. The van der Waals surface area contributed by atoms with Crippen LogP contribution in [0.5, 0.6) is 5.75 Å². The molecule has 1 fully saturated rings. The van der Waals surface area contributed by atoms with E-state index >= 15 is 0 Å². The molecule has 1 aliphatic rings. The maximum absolute atomic E-state index is 9.62. The second kappa shape index (κ2) is 5.57. The molecule has 3 aromatic rings. The van der Waals surface area contributed by atoms with Crippen LogP contribution in [0.15, 0.2) is 36.5 Å². The number of phenolic OH excluding ortho intramolecular Hbond substituents is 1. The minimum atomic E-state index is 0.240. The van der Waals surface area contributed by atoms with Crippen LogP contribution in [0.25, 0.3) is 22.4 Å². The summed E-state index contributed by atoms with van der Waals surface area (Å²) >= 11 is 0. The third-order valence-corrected chi connectivity index (χ3v) is 4.59. The molecule has 5 heteroatoms. The van der Waals surface area contributed by atoms with Crippen molar-refractivity contribution in [2.45, 2.75) is 19.8 Å². The zero-order valence-corrected chi connectivity index (χ0v) is 13.2. The lowest BCUT2D eigenvalue weighted by molar-refractivity contribution is 0.437. The van der Waals surface area contributed by atoms with Gasteiger partial charge < -0.3 is 15.0 Å². The molecule has 0 amide bonds. The van der Waals surface area contributed by atoms with Gasteiger partial charge in [0.1, 0.15) is 17.4 Å². The molecule has 0 radical (unpaired) electrons. The van der Waals surface area contributed by atoms with Crippen molar-refractivity contribution in [1.82, 2.24) is 15.0 Å². The fourth-order valence-electron chi connectivity index (χ4n) is 3.18. The molecule has 0 unspecified atom stereocenters. The molecule has 0 saturated carbocycles. The summed E-state index contributed by atoms with van der Waals surface area (Å²) in [4.78, 5) is 14.9. The number of piperidine rings is 1.